The van der Waals surface area contributed by atoms with Gasteiger partial charge in [-0.05, 0) is 83.1 Å². The van der Waals surface area contributed by atoms with Gasteiger partial charge >= 0.3 is 11.9 Å². The van der Waals surface area contributed by atoms with Gasteiger partial charge in [-0.1, -0.05) is 163 Å². The van der Waals surface area contributed by atoms with Crippen LogP contribution in [0.5, 0.6) is 0 Å². The van der Waals surface area contributed by atoms with E-state index in [0.29, 0.717) is 25.5 Å². The second-order valence-corrected chi connectivity index (χ2v) is 16.3. The van der Waals surface area contributed by atoms with Crippen molar-refractivity contribution in [3.8, 4) is 0 Å². The minimum Gasteiger partial charge on any atom is -0.466 e. The summed E-state index contributed by atoms with van der Waals surface area (Å²) in [5, 5.41) is 0. The first-order chi connectivity index (χ1) is 25.0. The van der Waals surface area contributed by atoms with Crippen molar-refractivity contribution in [2.75, 3.05) is 19.7 Å². The van der Waals surface area contributed by atoms with Gasteiger partial charge in [-0.25, -0.2) is 0 Å². The Morgan fingerprint density at radius 3 is 1.57 bits per heavy atom. The van der Waals surface area contributed by atoms with Crippen molar-refractivity contribution in [3.05, 3.63) is 0 Å². The summed E-state index contributed by atoms with van der Waals surface area (Å²) >= 11 is 0. The molecule has 0 amide bonds. The van der Waals surface area contributed by atoms with Crippen LogP contribution >= 0.6 is 0 Å². The Labute approximate surface area is 318 Å². The topological polar surface area (TPSA) is 55.8 Å². The lowest BCUT2D eigenvalue weighted by atomic mass is 9.87. The molecule has 1 heterocycles. The number of ether oxygens (including phenoxy) is 2. The van der Waals surface area contributed by atoms with Crippen LogP contribution in [0.1, 0.15) is 246 Å². The van der Waals surface area contributed by atoms with E-state index in [9.17, 15) is 9.59 Å². The maximum atomic E-state index is 12.8. The smallest absolute Gasteiger partial charge is 0.306 e. The highest BCUT2D eigenvalue weighted by Gasteiger charge is 2.26. The molecule has 0 saturated carbocycles. The van der Waals surface area contributed by atoms with Crippen LogP contribution in [0, 0.1) is 5.92 Å². The molecule has 0 spiro atoms. The number of carbonyl (C=O) groups excluding carboxylic acids is 2. The van der Waals surface area contributed by atoms with Crippen LogP contribution in [0.4, 0.5) is 0 Å². The van der Waals surface area contributed by atoms with Crippen LogP contribution in [-0.2, 0) is 19.1 Å². The molecule has 2 unspecified atom stereocenters. The minimum atomic E-state index is 0.0000315. The number of piperidine rings is 1. The molecule has 1 aliphatic heterocycles. The zero-order chi connectivity index (χ0) is 37.0. The summed E-state index contributed by atoms with van der Waals surface area (Å²) in [6.45, 7) is 12.0. The average molecular weight is 720 g/mol. The van der Waals surface area contributed by atoms with Crippen LogP contribution in [0.25, 0.3) is 0 Å². The SMILES string of the molecule is CCCCCCCCCCCOC(=O)CCCCC1CCC(CCCCCC(=O)OC(CCCCCCCC)CCCCCCCC)CN1CC. The Bertz CT molecular complexity index is 756. The van der Waals surface area contributed by atoms with Gasteiger partial charge in [-0.15, -0.1) is 0 Å². The van der Waals surface area contributed by atoms with E-state index in [1.807, 2.05) is 0 Å². The molecule has 302 valence electrons. The van der Waals surface area contributed by atoms with Crippen LogP contribution in [0.15, 0.2) is 0 Å². The Kier molecular flexibility index (Phi) is 33.7. The number of esters is 2. The first-order valence-corrected chi connectivity index (χ1v) is 23.1. The van der Waals surface area contributed by atoms with Crippen LogP contribution in [-0.4, -0.2) is 48.7 Å². The van der Waals surface area contributed by atoms with E-state index in [1.54, 1.807) is 0 Å². The quantitative estimate of drug-likeness (QED) is 0.0472. The number of carbonyl (C=O) groups is 2. The van der Waals surface area contributed by atoms with Gasteiger partial charge in [0.1, 0.15) is 6.10 Å². The molecule has 1 aliphatic rings. The van der Waals surface area contributed by atoms with Crippen molar-refractivity contribution >= 4 is 11.9 Å². The Morgan fingerprint density at radius 1 is 0.529 bits per heavy atom. The molecular weight excluding hydrogens is 631 g/mol. The zero-order valence-corrected chi connectivity index (χ0v) is 35.0. The van der Waals surface area contributed by atoms with Crippen molar-refractivity contribution in [3.63, 3.8) is 0 Å². The third kappa shape index (κ3) is 29.0. The van der Waals surface area contributed by atoms with Crippen LogP contribution in [0.2, 0.25) is 0 Å². The number of rotatable bonds is 37. The second-order valence-electron chi connectivity index (χ2n) is 16.3. The normalized spacial score (nSPS) is 16.6. The molecule has 5 heteroatoms. The van der Waals surface area contributed by atoms with Crippen molar-refractivity contribution in [2.45, 2.75) is 258 Å². The highest BCUT2D eigenvalue weighted by Crippen LogP contribution is 2.29. The van der Waals surface area contributed by atoms with Crippen molar-refractivity contribution in [2.24, 2.45) is 5.92 Å². The molecule has 0 N–H and O–H groups in total. The van der Waals surface area contributed by atoms with E-state index in [-0.39, 0.29) is 18.0 Å². The summed E-state index contributed by atoms with van der Waals surface area (Å²) in [4.78, 5) is 27.7. The number of unbranched alkanes of at least 4 members (excludes halogenated alkanes) is 21. The molecular formula is C46H89NO4. The monoisotopic (exact) mass is 720 g/mol. The molecule has 2 atom stereocenters. The fourth-order valence-corrected chi connectivity index (χ4v) is 8.14. The first-order valence-electron chi connectivity index (χ1n) is 23.1. The number of likely N-dealkylation sites (tertiary alicyclic amines) is 1. The fourth-order valence-electron chi connectivity index (χ4n) is 8.14. The molecule has 5 nitrogen and oxygen atoms in total. The maximum Gasteiger partial charge on any atom is 0.306 e. The molecule has 0 radical (unpaired) electrons. The van der Waals surface area contributed by atoms with Crippen molar-refractivity contribution in [1.29, 1.82) is 0 Å². The highest BCUT2D eigenvalue weighted by molar-refractivity contribution is 5.69. The summed E-state index contributed by atoms with van der Waals surface area (Å²) in [7, 11) is 0. The fraction of sp³-hybridized carbons (Fsp3) is 0.957. The molecule has 1 fully saturated rings. The molecule has 1 rings (SSSR count). The molecule has 0 aliphatic carbocycles. The summed E-state index contributed by atoms with van der Waals surface area (Å²) in [6.07, 6.45) is 41.0. The Morgan fingerprint density at radius 2 is 1.00 bits per heavy atom. The standard InChI is InChI=1S/C46H89NO4/c1-5-9-12-15-18-19-20-23-31-40-50-45(48)36-30-29-33-43-39-38-42(41-47(43)8-4)32-25-24-28-37-46(49)51-44(34-26-21-16-13-10-6-2)35-27-22-17-14-11-7-3/h42-44H,5-41H2,1-4H3. The van der Waals surface area contributed by atoms with E-state index >= 15 is 0 Å². The number of nitrogens with zero attached hydrogens (tertiary/aromatic N) is 1. The van der Waals surface area contributed by atoms with E-state index in [4.69, 9.17) is 9.47 Å². The van der Waals surface area contributed by atoms with Crippen LogP contribution in [0.3, 0.4) is 0 Å². The van der Waals surface area contributed by atoms with Crippen LogP contribution < -0.4 is 0 Å². The van der Waals surface area contributed by atoms with Gasteiger partial charge in [-0.3, -0.25) is 9.59 Å². The van der Waals surface area contributed by atoms with Crippen molar-refractivity contribution < 1.29 is 19.1 Å². The molecule has 0 aromatic carbocycles. The Balaban J connectivity index is 2.16. The lowest BCUT2D eigenvalue weighted by Gasteiger charge is -2.39. The molecule has 0 bridgehead atoms. The largest absolute Gasteiger partial charge is 0.466 e. The highest BCUT2D eigenvalue weighted by atomic mass is 16.5. The average Bonchev–Trinajstić information content (AvgIpc) is 3.13. The number of hydrogen-bond donors (Lipinski definition) is 0. The van der Waals surface area contributed by atoms with E-state index in [0.717, 1.165) is 57.4 Å². The van der Waals surface area contributed by atoms with Crippen molar-refractivity contribution in [1.82, 2.24) is 4.90 Å². The van der Waals surface area contributed by atoms with E-state index < -0.39 is 0 Å². The molecule has 0 aromatic heterocycles. The summed E-state index contributed by atoms with van der Waals surface area (Å²) in [5.74, 6) is 0.824. The van der Waals surface area contributed by atoms with E-state index in [2.05, 4.69) is 32.6 Å². The van der Waals surface area contributed by atoms with Gasteiger partial charge in [0.2, 0.25) is 0 Å². The summed E-state index contributed by atoms with van der Waals surface area (Å²) in [5.41, 5.74) is 0. The predicted molar refractivity (Wildman–Crippen MR) is 219 cm³/mol. The van der Waals surface area contributed by atoms with E-state index in [1.165, 1.54) is 167 Å². The zero-order valence-electron chi connectivity index (χ0n) is 35.0. The predicted octanol–water partition coefficient (Wildman–Crippen LogP) is 14.1. The Hall–Kier alpha value is -1.10. The lowest BCUT2D eigenvalue weighted by Crippen LogP contribution is -2.43. The second kappa shape index (κ2) is 35.9. The van der Waals surface area contributed by atoms with Gasteiger partial charge in [0.05, 0.1) is 6.61 Å². The molecule has 51 heavy (non-hydrogen) atoms. The third-order valence-electron chi connectivity index (χ3n) is 11.6. The molecule has 0 aromatic rings. The van der Waals surface area contributed by atoms with Gasteiger partial charge in [0.15, 0.2) is 0 Å². The van der Waals surface area contributed by atoms with Gasteiger partial charge < -0.3 is 14.4 Å². The third-order valence-corrected chi connectivity index (χ3v) is 11.6. The molecule has 1 saturated heterocycles. The number of hydrogen-bond acceptors (Lipinski definition) is 5. The van der Waals surface area contributed by atoms with Gasteiger partial charge in [0, 0.05) is 25.4 Å². The summed E-state index contributed by atoms with van der Waals surface area (Å²) in [6, 6.07) is 0.666. The minimum absolute atomic E-state index is 0.0000315. The van der Waals surface area contributed by atoms with Gasteiger partial charge in [-0.2, -0.15) is 0 Å². The lowest BCUT2D eigenvalue weighted by molar-refractivity contribution is -0.150. The first kappa shape index (κ1) is 47.9. The summed E-state index contributed by atoms with van der Waals surface area (Å²) < 4.78 is 11.6. The maximum absolute atomic E-state index is 12.8. The van der Waals surface area contributed by atoms with Gasteiger partial charge in [0.25, 0.3) is 0 Å².